The molecule has 0 aliphatic heterocycles. The standard InChI is InChI=1S/C10H8O3S/c11-10-8-4-2-1-3-7(8)5-6-9(10)14(12)13/h1-6,11H,(H,12,13). The Hall–Kier alpha value is -1.39. The van der Waals surface area contributed by atoms with Gasteiger partial charge in [0, 0.05) is 5.39 Å². The van der Waals surface area contributed by atoms with Gasteiger partial charge in [-0.15, -0.1) is 0 Å². The van der Waals surface area contributed by atoms with Gasteiger partial charge in [-0.1, -0.05) is 30.3 Å². The SMILES string of the molecule is O=S(O)c1ccc2ccccc2c1O. The van der Waals surface area contributed by atoms with Gasteiger partial charge in [-0.25, -0.2) is 4.21 Å². The zero-order valence-corrected chi connectivity index (χ0v) is 7.99. The van der Waals surface area contributed by atoms with Crippen LogP contribution in [-0.2, 0) is 11.1 Å². The minimum absolute atomic E-state index is 0.0451. The van der Waals surface area contributed by atoms with Crippen molar-refractivity contribution in [1.29, 1.82) is 0 Å². The van der Waals surface area contributed by atoms with Gasteiger partial charge in [-0.2, -0.15) is 0 Å². The van der Waals surface area contributed by atoms with E-state index >= 15 is 0 Å². The number of fused-ring (bicyclic) bond motifs is 1. The fraction of sp³-hybridized carbons (Fsp3) is 0. The van der Waals surface area contributed by atoms with Gasteiger partial charge < -0.3 is 9.66 Å². The molecule has 0 saturated carbocycles. The van der Waals surface area contributed by atoms with Crippen LogP contribution in [0.1, 0.15) is 0 Å². The number of rotatable bonds is 1. The lowest BCUT2D eigenvalue weighted by atomic mass is 10.1. The molecule has 1 atom stereocenters. The summed E-state index contributed by atoms with van der Waals surface area (Å²) in [6.45, 7) is 0. The van der Waals surface area contributed by atoms with Crippen molar-refractivity contribution in [3.05, 3.63) is 36.4 Å². The highest BCUT2D eigenvalue weighted by molar-refractivity contribution is 7.79. The molecule has 0 aromatic heterocycles. The van der Waals surface area contributed by atoms with Crippen molar-refractivity contribution >= 4 is 21.9 Å². The third-order valence-corrected chi connectivity index (χ3v) is 2.76. The first-order valence-corrected chi connectivity index (χ1v) is 5.12. The molecule has 14 heavy (non-hydrogen) atoms. The van der Waals surface area contributed by atoms with Gasteiger partial charge in [-0.3, -0.25) is 0 Å². The van der Waals surface area contributed by atoms with Crippen LogP contribution < -0.4 is 0 Å². The highest BCUT2D eigenvalue weighted by Crippen LogP contribution is 2.29. The zero-order valence-electron chi connectivity index (χ0n) is 7.18. The number of phenolic OH excluding ortho intramolecular Hbond substituents is 1. The zero-order chi connectivity index (χ0) is 10.1. The molecule has 0 heterocycles. The van der Waals surface area contributed by atoms with Crippen molar-refractivity contribution in [2.24, 2.45) is 0 Å². The molecule has 0 fully saturated rings. The summed E-state index contributed by atoms with van der Waals surface area (Å²) in [5.41, 5.74) is 0. The van der Waals surface area contributed by atoms with Gasteiger partial charge in [0.25, 0.3) is 0 Å². The Morgan fingerprint density at radius 3 is 2.50 bits per heavy atom. The lowest BCUT2D eigenvalue weighted by Gasteiger charge is -2.03. The molecule has 1 unspecified atom stereocenters. The van der Waals surface area contributed by atoms with E-state index in [-0.39, 0.29) is 10.6 Å². The summed E-state index contributed by atoms with van der Waals surface area (Å²) in [4.78, 5) is 0.0451. The number of benzene rings is 2. The Kier molecular flexibility index (Phi) is 2.23. The smallest absolute Gasteiger partial charge is 0.190 e. The fourth-order valence-electron chi connectivity index (χ4n) is 1.38. The van der Waals surface area contributed by atoms with E-state index in [9.17, 15) is 9.32 Å². The molecule has 0 radical (unpaired) electrons. The topological polar surface area (TPSA) is 57.5 Å². The van der Waals surface area contributed by atoms with Gasteiger partial charge >= 0.3 is 0 Å². The molecular weight excluding hydrogens is 200 g/mol. The van der Waals surface area contributed by atoms with E-state index in [1.807, 2.05) is 12.1 Å². The van der Waals surface area contributed by atoms with Gasteiger partial charge in [-0.05, 0) is 11.5 Å². The quantitative estimate of drug-likeness (QED) is 0.706. The lowest BCUT2D eigenvalue weighted by molar-refractivity contribution is 0.463. The largest absolute Gasteiger partial charge is 0.506 e. The van der Waals surface area contributed by atoms with E-state index in [0.29, 0.717) is 5.39 Å². The van der Waals surface area contributed by atoms with Gasteiger partial charge in [0.05, 0.1) is 0 Å². The van der Waals surface area contributed by atoms with Crippen molar-refractivity contribution in [2.45, 2.75) is 4.90 Å². The summed E-state index contributed by atoms with van der Waals surface area (Å²) in [5.74, 6) is -0.121. The first-order chi connectivity index (χ1) is 6.70. The normalized spacial score (nSPS) is 12.9. The summed E-state index contributed by atoms with van der Waals surface area (Å²) >= 11 is -2.15. The third kappa shape index (κ3) is 1.38. The second-order valence-electron chi connectivity index (χ2n) is 2.88. The van der Waals surface area contributed by atoms with Crippen LogP contribution in [-0.4, -0.2) is 13.9 Å². The van der Waals surface area contributed by atoms with Crippen molar-refractivity contribution in [1.82, 2.24) is 0 Å². The van der Waals surface area contributed by atoms with E-state index in [1.165, 1.54) is 6.07 Å². The summed E-state index contributed by atoms with van der Waals surface area (Å²) in [7, 11) is 0. The summed E-state index contributed by atoms with van der Waals surface area (Å²) in [5, 5.41) is 11.1. The van der Waals surface area contributed by atoms with E-state index in [2.05, 4.69) is 0 Å². The number of hydrogen-bond acceptors (Lipinski definition) is 2. The molecule has 4 heteroatoms. The van der Waals surface area contributed by atoms with Crippen LogP contribution >= 0.6 is 0 Å². The molecule has 2 aromatic rings. The van der Waals surface area contributed by atoms with Crippen molar-refractivity contribution in [3.63, 3.8) is 0 Å². The first kappa shape index (κ1) is 9.18. The Balaban J connectivity index is 2.81. The van der Waals surface area contributed by atoms with Crippen LogP contribution in [0.15, 0.2) is 41.3 Å². The van der Waals surface area contributed by atoms with Gasteiger partial charge in [0.15, 0.2) is 11.1 Å². The fourth-order valence-corrected chi connectivity index (χ4v) is 1.84. The third-order valence-electron chi connectivity index (χ3n) is 2.05. The predicted molar refractivity (Wildman–Crippen MR) is 54.7 cm³/mol. The van der Waals surface area contributed by atoms with Crippen molar-refractivity contribution < 1.29 is 13.9 Å². The van der Waals surface area contributed by atoms with Crippen LogP contribution in [0, 0.1) is 0 Å². The number of aromatic hydroxyl groups is 1. The predicted octanol–water partition coefficient (Wildman–Crippen LogP) is 2.13. The second-order valence-corrected chi connectivity index (χ2v) is 3.82. The second kappa shape index (κ2) is 3.40. The Bertz CT molecular complexity index is 508. The molecule has 0 aliphatic rings. The number of hydrogen-bond donors (Lipinski definition) is 2. The summed E-state index contributed by atoms with van der Waals surface area (Å²) in [6, 6.07) is 10.3. The molecule has 2 aromatic carbocycles. The average molecular weight is 208 g/mol. The Morgan fingerprint density at radius 1 is 1.07 bits per heavy atom. The monoisotopic (exact) mass is 208 g/mol. The highest BCUT2D eigenvalue weighted by atomic mass is 32.2. The van der Waals surface area contributed by atoms with Crippen molar-refractivity contribution in [3.8, 4) is 5.75 Å². The maximum absolute atomic E-state index is 10.8. The molecule has 2 N–H and O–H groups in total. The van der Waals surface area contributed by atoms with E-state index in [4.69, 9.17) is 4.55 Å². The summed E-state index contributed by atoms with van der Waals surface area (Å²) < 4.78 is 19.7. The molecule has 72 valence electrons. The highest BCUT2D eigenvalue weighted by Gasteiger charge is 2.09. The Morgan fingerprint density at radius 2 is 1.79 bits per heavy atom. The first-order valence-electron chi connectivity index (χ1n) is 4.02. The van der Waals surface area contributed by atoms with Gasteiger partial charge in [0.1, 0.15) is 10.6 Å². The average Bonchev–Trinajstić information content (AvgIpc) is 2.18. The molecule has 0 aliphatic carbocycles. The van der Waals surface area contributed by atoms with Crippen LogP contribution in [0.4, 0.5) is 0 Å². The molecule has 0 amide bonds. The molecule has 3 nitrogen and oxygen atoms in total. The molecule has 0 bridgehead atoms. The Labute approximate surface area is 83.3 Å². The van der Waals surface area contributed by atoms with E-state index in [1.54, 1.807) is 18.2 Å². The number of phenols is 1. The van der Waals surface area contributed by atoms with Crippen LogP contribution in [0.25, 0.3) is 10.8 Å². The van der Waals surface area contributed by atoms with Crippen molar-refractivity contribution in [2.75, 3.05) is 0 Å². The molecule has 2 rings (SSSR count). The van der Waals surface area contributed by atoms with Crippen LogP contribution in [0.2, 0.25) is 0 Å². The minimum Gasteiger partial charge on any atom is -0.506 e. The van der Waals surface area contributed by atoms with Gasteiger partial charge in [0.2, 0.25) is 0 Å². The van der Waals surface area contributed by atoms with E-state index in [0.717, 1.165) is 5.39 Å². The van der Waals surface area contributed by atoms with Crippen LogP contribution in [0.3, 0.4) is 0 Å². The molecule has 0 spiro atoms. The maximum Gasteiger partial charge on any atom is 0.190 e. The summed E-state index contributed by atoms with van der Waals surface area (Å²) in [6.07, 6.45) is 0. The molecule has 0 saturated heterocycles. The lowest BCUT2D eigenvalue weighted by Crippen LogP contribution is -1.89. The van der Waals surface area contributed by atoms with E-state index < -0.39 is 11.1 Å². The maximum atomic E-state index is 10.8. The molecular formula is C10H8O3S. The van der Waals surface area contributed by atoms with Crippen LogP contribution in [0.5, 0.6) is 5.75 Å². The minimum atomic E-state index is -2.15.